The molecule has 1 amide bonds. The Morgan fingerprint density at radius 3 is 2.75 bits per heavy atom. The predicted molar refractivity (Wildman–Crippen MR) is 92.9 cm³/mol. The number of rotatable bonds is 4. The minimum Gasteiger partial charge on any atom is -0.487 e. The maximum atomic E-state index is 13.1. The smallest absolute Gasteiger partial charge is 0.278 e. The Kier molecular flexibility index (Phi) is 4.32. The molecule has 0 saturated heterocycles. The largest absolute Gasteiger partial charge is 0.487 e. The second-order valence-electron chi connectivity index (χ2n) is 7.13. The highest BCUT2D eigenvalue weighted by atomic mass is 16.5. The number of hydrogen-bond acceptors (Lipinski definition) is 4. The van der Waals surface area contributed by atoms with Gasteiger partial charge in [0.2, 0.25) is 5.43 Å². The van der Waals surface area contributed by atoms with E-state index in [1.165, 1.54) is 6.07 Å². The highest BCUT2D eigenvalue weighted by Gasteiger charge is 2.52. The van der Waals surface area contributed by atoms with Gasteiger partial charge in [-0.1, -0.05) is 27.2 Å². The molecule has 2 aliphatic rings. The van der Waals surface area contributed by atoms with E-state index >= 15 is 0 Å². The molecule has 3 rings (SSSR count). The molecular formula is C18H27N3O3. The van der Waals surface area contributed by atoms with Crippen molar-refractivity contribution < 1.29 is 9.53 Å². The average Bonchev–Trinajstić information content (AvgIpc) is 2.84. The fourth-order valence-corrected chi connectivity index (χ4v) is 3.92. The zero-order chi connectivity index (χ0) is 17.5. The average molecular weight is 333 g/mol. The lowest BCUT2D eigenvalue weighted by atomic mass is 9.90. The van der Waals surface area contributed by atoms with E-state index in [0.717, 1.165) is 25.7 Å². The molecule has 0 aromatic carbocycles. The summed E-state index contributed by atoms with van der Waals surface area (Å²) in [4.78, 5) is 27.1. The molecule has 6 nitrogen and oxygen atoms in total. The first-order valence-corrected chi connectivity index (χ1v) is 8.87. The molecule has 1 spiro atoms. The van der Waals surface area contributed by atoms with Crippen molar-refractivity contribution in [1.82, 2.24) is 9.58 Å². The van der Waals surface area contributed by atoms with Crippen LogP contribution in [-0.4, -0.2) is 34.8 Å². The Balaban J connectivity index is 2.03. The number of unbranched alkanes of at least 4 members (excludes halogenated alkanes) is 1. The van der Waals surface area contributed by atoms with Crippen LogP contribution < -0.4 is 15.6 Å². The molecule has 1 aliphatic carbocycles. The van der Waals surface area contributed by atoms with Crippen molar-refractivity contribution in [3.05, 3.63) is 28.2 Å². The Labute approximate surface area is 142 Å². The van der Waals surface area contributed by atoms with Gasteiger partial charge in [-0.3, -0.25) is 14.3 Å². The molecule has 1 N–H and O–H groups in total. The van der Waals surface area contributed by atoms with Crippen LogP contribution in [0.15, 0.2) is 17.1 Å². The summed E-state index contributed by atoms with van der Waals surface area (Å²) in [6, 6.07) is 1.47. The van der Waals surface area contributed by atoms with Crippen LogP contribution in [0.2, 0.25) is 0 Å². The third kappa shape index (κ3) is 2.39. The molecular weight excluding hydrogens is 306 g/mol. The normalized spacial score (nSPS) is 28.8. The summed E-state index contributed by atoms with van der Waals surface area (Å²) < 4.78 is 7.37. The molecule has 1 aromatic heterocycles. The van der Waals surface area contributed by atoms with Gasteiger partial charge in [-0.05, 0) is 25.2 Å². The van der Waals surface area contributed by atoms with Crippen molar-refractivity contribution in [3.8, 4) is 5.75 Å². The Hall–Kier alpha value is -1.98. The van der Waals surface area contributed by atoms with Crippen LogP contribution in [0.25, 0.3) is 0 Å². The number of aromatic nitrogens is 1. The van der Waals surface area contributed by atoms with Gasteiger partial charge in [-0.15, -0.1) is 0 Å². The second kappa shape index (κ2) is 6.15. The topological polar surface area (TPSA) is 63.6 Å². The number of ether oxygens (including phenoxy) is 1. The van der Waals surface area contributed by atoms with Crippen molar-refractivity contribution in [2.24, 2.45) is 11.8 Å². The third-order valence-electron chi connectivity index (χ3n) is 5.81. The molecule has 1 unspecified atom stereocenters. The molecule has 1 saturated carbocycles. The number of fused-ring (bicyclic) bond motifs is 1. The molecule has 0 bridgehead atoms. The highest BCUT2D eigenvalue weighted by Crippen LogP contribution is 2.44. The van der Waals surface area contributed by atoms with Gasteiger partial charge in [0, 0.05) is 25.2 Å². The van der Waals surface area contributed by atoms with Crippen LogP contribution >= 0.6 is 0 Å². The van der Waals surface area contributed by atoms with Crippen molar-refractivity contribution >= 4 is 5.91 Å². The summed E-state index contributed by atoms with van der Waals surface area (Å²) in [6.45, 7) is 6.90. The van der Waals surface area contributed by atoms with Crippen LogP contribution in [0.4, 0.5) is 0 Å². The van der Waals surface area contributed by atoms with Crippen LogP contribution in [0, 0.1) is 11.8 Å². The van der Waals surface area contributed by atoms with Gasteiger partial charge in [-0.2, -0.15) is 0 Å². The second-order valence-corrected chi connectivity index (χ2v) is 7.13. The van der Waals surface area contributed by atoms with E-state index in [0.29, 0.717) is 24.1 Å². The minimum absolute atomic E-state index is 0.154. The maximum Gasteiger partial charge on any atom is 0.278 e. The molecule has 1 aliphatic heterocycles. The monoisotopic (exact) mass is 333 g/mol. The molecule has 3 atom stereocenters. The van der Waals surface area contributed by atoms with E-state index in [-0.39, 0.29) is 17.1 Å². The van der Waals surface area contributed by atoms with Gasteiger partial charge in [0.1, 0.15) is 5.66 Å². The fraction of sp³-hybridized carbons (Fsp3) is 0.667. The van der Waals surface area contributed by atoms with E-state index in [1.54, 1.807) is 15.8 Å². The SMILES string of the molecule is CCCCOc1c2n(ccc1=O)NC1(CC[C@H](C)[C@@H]1C)N(C)C2=O. The first kappa shape index (κ1) is 16.9. The predicted octanol–water partition coefficient (Wildman–Crippen LogP) is 2.42. The Morgan fingerprint density at radius 1 is 1.38 bits per heavy atom. The lowest BCUT2D eigenvalue weighted by Gasteiger charge is -2.48. The summed E-state index contributed by atoms with van der Waals surface area (Å²) in [5, 5.41) is 0. The summed E-state index contributed by atoms with van der Waals surface area (Å²) >= 11 is 0. The zero-order valence-corrected chi connectivity index (χ0v) is 15.0. The third-order valence-corrected chi connectivity index (χ3v) is 5.81. The van der Waals surface area contributed by atoms with Crippen molar-refractivity contribution in [3.63, 3.8) is 0 Å². The summed E-state index contributed by atoms with van der Waals surface area (Å²) in [5.41, 5.74) is 3.15. The van der Waals surface area contributed by atoms with Gasteiger partial charge in [0.25, 0.3) is 5.91 Å². The standard InChI is InChI=1S/C18H27N3O3/c1-5-6-11-24-16-14(22)8-10-21-15(16)17(23)20(4)18(19-21)9-7-12(2)13(18)3/h8,10,12-13,19H,5-7,9,11H2,1-4H3/t12-,13-,18?/m0/s1. The Bertz CT molecular complexity index is 699. The summed E-state index contributed by atoms with van der Waals surface area (Å²) in [7, 11) is 1.82. The van der Waals surface area contributed by atoms with E-state index in [1.807, 2.05) is 7.05 Å². The van der Waals surface area contributed by atoms with Gasteiger partial charge in [-0.25, -0.2) is 0 Å². The fourth-order valence-electron chi connectivity index (χ4n) is 3.92. The highest BCUT2D eigenvalue weighted by molar-refractivity contribution is 5.96. The molecule has 24 heavy (non-hydrogen) atoms. The number of amides is 1. The molecule has 0 radical (unpaired) electrons. The van der Waals surface area contributed by atoms with Gasteiger partial charge < -0.3 is 15.1 Å². The lowest BCUT2D eigenvalue weighted by molar-refractivity contribution is 0.0393. The number of nitrogens with one attached hydrogen (secondary N) is 1. The van der Waals surface area contributed by atoms with Crippen molar-refractivity contribution in [2.45, 2.75) is 52.1 Å². The molecule has 6 heteroatoms. The molecule has 132 valence electrons. The number of pyridine rings is 1. The van der Waals surface area contributed by atoms with Crippen molar-refractivity contribution in [2.75, 3.05) is 19.1 Å². The number of carbonyl (C=O) groups excluding carboxylic acids is 1. The summed E-state index contributed by atoms with van der Waals surface area (Å²) in [6.07, 6.45) is 5.44. The molecule has 1 aromatic rings. The lowest BCUT2D eigenvalue weighted by Crippen LogP contribution is -2.64. The maximum absolute atomic E-state index is 13.1. The van der Waals surface area contributed by atoms with Crippen LogP contribution in [0.3, 0.4) is 0 Å². The van der Waals surface area contributed by atoms with Gasteiger partial charge in [0.05, 0.1) is 6.61 Å². The minimum atomic E-state index is -0.404. The number of hydrogen-bond donors (Lipinski definition) is 1. The number of carbonyl (C=O) groups is 1. The van der Waals surface area contributed by atoms with Gasteiger partial charge in [0.15, 0.2) is 11.4 Å². The van der Waals surface area contributed by atoms with E-state index in [4.69, 9.17) is 4.74 Å². The van der Waals surface area contributed by atoms with E-state index in [9.17, 15) is 9.59 Å². The first-order valence-electron chi connectivity index (χ1n) is 8.87. The molecule has 2 heterocycles. The van der Waals surface area contributed by atoms with Crippen LogP contribution in [-0.2, 0) is 0 Å². The van der Waals surface area contributed by atoms with E-state index in [2.05, 4.69) is 26.2 Å². The molecule has 1 fully saturated rings. The van der Waals surface area contributed by atoms with Crippen LogP contribution in [0.5, 0.6) is 5.75 Å². The van der Waals surface area contributed by atoms with Crippen molar-refractivity contribution in [1.29, 1.82) is 0 Å². The number of nitrogens with zero attached hydrogens (tertiary/aromatic N) is 2. The van der Waals surface area contributed by atoms with Gasteiger partial charge >= 0.3 is 0 Å². The summed E-state index contributed by atoms with van der Waals surface area (Å²) in [5.74, 6) is 0.861. The van der Waals surface area contributed by atoms with Crippen LogP contribution in [0.1, 0.15) is 56.9 Å². The zero-order valence-electron chi connectivity index (χ0n) is 15.0. The first-order chi connectivity index (χ1) is 11.4. The van der Waals surface area contributed by atoms with E-state index < -0.39 is 5.66 Å². The quantitative estimate of drug-likeness (QED) is 0.860. The Morgan fingerprint density at radius 2 is 2.12 bits per heavy atom.